The third-order valence-corrected chi connectivity index (χ3v) is 6.08. The third-order valence-electron chi connectivity index (χ3n) is 4.70. The zero-order valence-electron chi connectivity index (χ0n) is 14.7. The van der Waals surface area contributed by atoms with Crippen LogP contribution in [0.5, 0.6) is 0 Å². The second-order valence-electron chi connectivity index (χ2n) is 6.47. The Hall–Kier alpha value is -0.800. The van der Waals surface area contributed by atoms with Gasteiger partial charge in [0, 0.05) is 34.4 Å². The van der Waals surface area contributed by atoms with Gasteiger partial charge in [-0.3, -0.25) is 9.89 Å². The average Bonchev–Trinajstić information content (AvgIpc) is 3.06. The molecule has 3 rings (SSSR count). The number of H-pyrrole nitrogens is 1. The zero-order valence-corrected chi connectivity index (χ0v) is 17.5. The van der Waals surface area contributed by atoms with Gasteiger partial charge < -0.3 is 19.9 Å². The maximum atomic E-state index is 12.3. The molecule has 5 atom stereocenters. The molecule has 1 aromatic rings. The Morgan fingerprint density at radius 1 is 1.52 bits per heavy atom. The van der Waals surface area contributed by atoms with Crippen LogP contribution in [-0.4, -0.2) is 49.5 Å². The Morgan fingerprint density at radius 3 is 2.72 bits per heavy atom. The van der Waals surface area contributed by atoms with Gasteiger partial charge >= 0.3 is 29.6 Å². The van der Waals surface area contributed by atoms with E-state index in [4.69, 9.17) is 0 Å². The molecule has 3 heterocycles. The molecule has 1 fully saturated rings. The van der Waals surface area contributed by atoms with Crippen molar-refractivity contribution in [2.45, 2.75) is 44.6 Å². The molecule has 2 aliphatic heterocycles. The van der Waals surface area contributed by atoms with Crippen molar-refractivity contribution < 1.29 is 49.4 Å². The van der Waals surface area contributed by atoms with Gasteiger partial charge in [-0.2, -0.15) is 5.10 Å². The fraction of sp³-hybridized carbons (Fsp3) is 0.562. The summed E-state index contributed by atoms with van der Waals surface area (Å²) >= 11 is 1.45. The van der Waals surface area contributed by atoms with Crippen LogP contribution >= 0.6 is 11.8 Å². The van der Waals surface area contributed by atoms with E-state index < -0.39 is 18.0 Å². The summed E-state index contributed by atoms with van der Waals surface area (Å²) in [4.78, 5) is 25.8. The molecule has 1 saturated heterocycles. The van der Waals surface area contributed by atoms with E-state index in [2.05, 4.69) is 10.2 Å². The number of hydrogen-bond donors (Lipinski definition) is 2. The van der Waals surface area contributed by atoms with E-state index in [0.717, 1.165) is 5.69 Å². The van der Waals surface area contributed by atoms with Gasteiger partial charge in [-0.05, 0) is 13.0 Å². The van der Waals surface area contributed by atoms with E-state index in [1.807, 2.05) is 19.9 Å². The van der Waals surface area contributed by atoms with E-state index in [1.165, 1.54) is 16.7 Å². The van der Waals surface area contributed by atoms with Crippen LogP contribution in [-0.2, 0) is 16.0 Å². The van der Waals surface area contributed by atoms with Crippen molar-refractivity contribution >= 4 is 23.6 Å². The van der Waals surface area contributed by atoms with Gasteiger partial charge in [-0.15, -0.1) is 11.8 Å². The predicted molar refractivity (Wildman–Crippen MR) is 86.3 cm³/mol. The van der Waals surface area contributed by atoms with Crippen molar-refractivity contribution in [1.29, 1.82) is 0 Å². The molecule has 0 radical (unpaired) electrons. The first-order valence-electron chi connectivity index (χ1n) is 7.94. The molecule has 25 heavy (non-hydrogen) atoms. The number of β-lactam (4-membered cyclic amide) rings is 1. The molecule has 9 heteroatoms. The number of carbonyl (C=O) groups is 2. The van der Waals surface area contributed by atoms with Crippen LogP contribution in [0.2, 0.25) is 0 Å². The summed E-state index contributed by atoms with van der Waals surface area (Å²) in [6, 6.07) is 1.58. The molecule has 0 bridgehead atoms. The number of carboxylic acids is 1. The van der Waals surface area contributed by atoms with Crippen LogP contribution in [0.1, 0.15) is 26.5 Å². The van der Waals surface area contributed by atoms with Gasteiger partial charge in [0.2, 0.25) is 5.91 Å². The molecule has 0 saturated carbocycles. The minimum Gasteiger partial charge on any atom is -0.543 e. The van der Waals surface area contributed by atoms with Crippen LogP contribution in [0, 0.1) is 11.8 Å². The Morgan fingerprint density at radius 2 is 2.20 bits per heavy atom. The SMILES string of the molecule is CC(Cc1ccn[nH]1)SC1=C(C(=O)[O-])N2C(=O)C(C(C)O)C2C1C.[Na+]. The Bertz CT molecular complexity index is 692. The molecule has 0 spiro atoms. The quantitative estimate of drug-likeness (QED) is 0.404. The van der Waals surface area contributed by atoms with Crippen LogP contribution in [0.3, 0.4) is 0 Å². The minimum absolute atomic E-state index is 0. The minimum atomic E-state index is -1.34. The monoisotopic (exact) mass is 373 g/mol. The largest absolute Gasteiger partial charge is 1.00 e. The van der Waals surface area contributed by atoms with Gasteiger partial charge in [0.25, 0.3) is 0 Å². The van der Waals surface area contributed by atoms with Crippen LogP contribution in [0.4, 0.5) is 0 Å². The Balaban J connectivity index is 0.00000225. The first-order valence-corrected chi connectivity index (χ1v) is 8.82. The fourth-order valence-electron chi connectivity index (χ4n) is 3.64. The molecule has 7 nitrogen and oxygen atoms in total. The summed E-state index contributed by atoms with van der Waals surface area (Å²) in [7, 11) is 0. The molecule has 2 N–H and O–H groups in total. The van der Waals surface area contributed by atoms with E-state index in [9.17, 15) is 19.8 Å². The Kier molecular flexibility index (Phi) is 6.43. The number of aliphatic hydroxyl groups excluding tert-OH is 1. The first-order chi connectivity index (χ1) is 11.3. The van der Waals surface area contributed by atoms with Gasteiger partial charge in [-0.1, -0.05) is 13.8 Å². The molecular weight excluding hydrogens is 353 g/mol. The summed E-state index contributed by atoms with van der Waals surface area (Å²) in [6.07, 6.45) is 1.59. The van der Waals surface area contributed by atoms with Crippen LogP contribution in [0.25, 0.3) is 0 Å². The first kappa shape index (κ1) is 20.5. The number of rotatable bonds is 6. The third kappa shape index (κ3) is 3.55. The summed E-state index contributed by atoms with van der Waals surface area (Å²) in [6.45, 7) is 5.47. The molecule has 1 aromatic heterocycles. The van der Waals surface area contributed by atoms with Crippen molar-refractivity contribution in [2.24, 2.45) is 11.8 Å². The summed E-state index contributed by atoms with van der Waals surface area (Å²) in [5.41, 5.74) is 0.938. The number of amides is 1. The number of fused-ring (bicyclic) bond motifs is 1. The van der Waals surface area contributed by atoms with Crippen molar-refractivity contribution in [3.8, 4) is 0 Å². The predicted octanol–water partition coefficient (Wildman–Crippen LogP) is -3.10. The number of nitrogens with one attached hydrogen (secondary N) is 1. The number of thioether (sulfide) groups is 1. The van der Waals surface area contributed by atoms with Crippen molar-refractivity contribution in [3.63, 3.8) is 0 Å². The maximum Gasteiger partial charge on any atom is 1.00 e. The summed E-state index contributed by atoms with van der Waals surface area (Å²) in [5.74, 6) is -2.35. The van der Waals surface area contributed by atoms with E-state index in [1.54, 1.807) is 13.1 Å². The van der Waals surface area contributed by atoms with Gasteiger partial charge in [-0.25, -0.2) is 0 Å². The summed E-state index contributed by atoms with van der Waals surface area (Å²) < 4.78 is 0. The van der Waals surface area contributed by atoms with Gasteiger partial charge in [0.1, 0.15) is 0 Å². The molecule has 2 aliphatic rings. The number of aromatic nitrogens is 2. The molecule has 0 aromatic carbocycles. The van der Waals surface area contributed by atoms with Crippen LogP contribution < -0.4 is 34.7 Å². The van der Waals surface area contributed by atoms with Gasteiger partial charge in [0.15, 0.2) is 0 Å². The normalized spacial score (nSPS) is 27.4. The molecular formula is C16H20N3NaO4S. The smallest absolute Gasteiger partial charge is 0.543 e. The molecule has 5 unspecified atom stereocenters. The standard InChI is InChI=1S/C16H21N3O4S.Na/c1-7(6-10-4-5-17-18-10)24-14-8(2)12-11(9(3)20)15(21)19(12)13(14)16(22)23;/h4-5,7-9,11-12,20H,6H2,1-3H3,(H,17,18)(H,22,23);/q;+1/p-1. The number of aromatic amines is 1. The topological polar surface area (TPSA) is 109 Å². The number of carbonyl (C=O) groups excluding carboxylic acids is 2. The number of aliphatic hydroxyl groups is 1. The molecule has 1 amide bonds. The van der Waals surface area contributed by atoms with Crippen molar-refractivity contribution in [2.75, 3.05) is 0 Å². The van der Waals surface area contributed by atoms with Gasteiger partial charge in [0.05, 0.1) is 29.7 Å². The zero-order chi connectivity index (χ0) is 17.6. The number of hydrogen-bond acceptors (Lipinski definition) is 6. The Labute approximate surface area is 172 Å². The second-order valence-corrected chi connectivity index (χ2v) is 7.95. The van der Waals surface area contributed by atoms with Crippen molar-refractivity contribution in [1.82, 2.24) is 15.1 Å². The van der Waals surface area contributed by atoms with Crippen molar-refractivity contribution in [3.05, 3.63) is 28.6 Å². The van der Waals surface area contributed by atoms with E-state index in [0.29, 0.717) is 11.3 Å². The molecule has 0 aliphatic carbocycles. The van der Waals surface area contributed by atoms with E-state index >= 15 is 0 Å². The maximum absolute atomic E-state index is 12.3. The number of carboxylic acid groups (broad SMARTS) is 1. The molecule has 130 valence electrons. The number of nitrogens with zero attached hydrogens (tertiary/aromatic N) is 2. The second kappa shape index (κ2) is 7.84. The van der Waals surface area contributed by atoms with Crippen LogP contribution in [0.15, 0.2) is 22.9 Å². The van der Waals surface area contributed by atoms with E-state index in [-0.39, 0.29) is 58.4 Å². The summed E-state index contributed by atoms with van der Waals surface area (Å²) in [5, 5.41) is 28.3. The number of aliphatic carboxylic acids is 1. The fourth-order valence-corrected chi connectivity index (χ4v) is 4.98. The average molecular weight is 373 g/mol.